The van der Waals surface area contributed by atoms with Crippen LogP contribution >= 0.6 is 0 Å². The van der Waals surface area contributed by atoms with Crippen LogP contribution in [0.5, 0.6) is 0 Å². The molecular weight excluding hydrogens is 278 g/mol. The number of fused-ring (bicyclic) bond motifs is 1. The molecule has 0 saturated heterocycles. The van der Waals surface area contributed by atoms with E-state index in [0.29, 0.717) is 12.0 Å². The minimum atomic E-state index is 0.266. The topological polar surface area (TPSA) is 12.0 Å². The lowest BCUT2D eigenvalue weighted by molar-refractivity contribution is 0.426. The second kappa shape index (κ2) is 6.02. The molecular formula is C22H21N. The van der Waals surface area contributed by atoms with Crippen molar-refractivity contribution in [3.05, 3.63) is 107 Å². The lowest BCUT2D eigenvalue weighted by Crippen LogP contribution is -2.41. The fourth-order valence-corrected chi connectivity index (χ4v) is 3.83. The summed E-state index contributed by atoms with van der Waals surface area (Å²) >= 11 is 0. The average molecular weight is 299 g/mol. The van der Waals surface area contributed by atoms with Crippen LogP contribution in [0.2, 0.25) is 0 Å². The molecule has 114 valence electrons. The third-order valence-electron chi connectivity index (χ3n) is 4.86. The molecule has 0 bridgehead atoms. The highest BCUT2D eigenvalue weighted by Crippen LogP contribution is 2.40. The highest BCUT2D eigenvalue weighted by Gasteiger charge is 2.33. The second-order valence-corrected chi connectivity index (χ2v) is 6.32. The normalized spacial score (nSPS) is 23.3. The van der Waals surface area contributed by atoms with E-state index in [1.165, 1.54) is 22.3 Å². The maximum absolute atomic E-state index is 3.84. The predicted molar refractivity (Wildman–Crippen MR) is 95.6 cm³/mol. The molecule has 1 nitrogen and oxygen atoms in total. The second-order valence-electron chi connectivity index (χ2n) is 6.32. The van der Waals surface area contributed by atoms with Gasteiger partial charge in [0.1, 0.15) is 0 Å². The molecule has 3 unspecified atom stereocenters. The number of hydrogen-bond acceptors (Lipinski definition) is 1. The van der Waals surface area contributed by atoms with Crippen LogP contribution in [0, 0.1) is 0 Å². The fraction of sp³-hybridized carbons (Fsp3) is 0.182. The molecule has 1 heteroatoms. The lowest BCUT2D eigenvalue weighted by atomic mass is 9.77. The Bertz CT molecular complexity index is 779. The van der Waals surface area contributed by atoms with Crippen molar-refractivity contribution >= 4 is 0 Å². The molecule has 0 aliphatic carbocycles. The van der Waals surface area contributed by atoms with E-state index < -0.39 is 0 Å². The predicted octanol–water partition coefficient (Wildman–Crippen LogP) is 4.90. The quantitative estimate of drug-likeness (QED) is 0.709. The Balaban J connectivity index is 1.84. The zero-order valence-corrected chi connectivity index (χ0v) is 13.3. The Hall–Kier alpha value is -2.38. The van der Waals surface area contributed by atoms with Crippen molar-refractivity contribution in [2.24, 2.45) is 0 Å². The minimum absolute atomic E-state index is 0.266. The number of nitrogens with one attached hydrogen (secondary N) is 1. The molecule has 0 saturated carbocycles. The summed E-state index contributed by atoms with van der Waals surface area (Å²) < 4.78 is 0. The van der Waals surface area contributed by atoms with Crippen LogP contribution in [0.4, 0.5) is 0 Å². The van der Waals surface area contributed by atoms with E-state index in [-0.39, 0.29) is 6.04 Å². The van der Waals surface area contributed by atoms with E-state index in [4.69, 9.17) is 0 Å². The van der Waals surface area contributed by atoms with E-state index >= 15 is 0 Å². The smallest absolute Gasteiger partial charge is 0.0582 e. The Kier molecular flexibility index (Phi) is 3.72. The third kappa shape index (κ3) is 2.58. The first-order valence-corrected chi connectivity index (χ1v) is 8.29. The lowest BCUT2D eigenvalue weighted by Gasteiger charge is -2.38. The number of rotatable bonds is 2. The molecule has 3 aromatic carbocycles. The summed E-state index contributed by atoms with van der Waals surface area (Å²) in [6.45, 7) is 2.30. The summed E-state index contributed by atoms with van der Waals surface area (Å²) in [6.07, 6.45) is 0. The zero-order chi connectivity index (χ0) is 15.6. The Morgan fingerprint density at radius 3 is 1.78 bits per heavy atom. The Morgan fingerprint density at radius 1 is 0.609 bits per heavy atom. The van der Waals surface area contributed by atoms with Crippen LogP contribution in [0.1, 0.15) is 41.1 Å². The maximum atomic E-state index is 3.84. The van der Waals surface area contributed by atoms with E-state index in [1.54, 1.807) is 0 Å². The molecule has 1 aliphatic rings. The van der Waals surface area contributed by atoms with Crippen LogP contribution in [0.25, 0.3) is 0 Å². The van der Waals surface area contributed by atoms with Crippen molar-refractivity contribution in [1.29, 1.82) is 0 Å². The van der Waals surface area contributed by atoms with Crippen molar-refractivity contribution in [3.63, 3.8) is 0 Å². The first kappa shape index (κ1) is 14.2. The highest BCUT2D eigenvalue weighted by molar-refractivity contribution is 5.46. The van der Waals surface area contributed by atoms with Crippen LogP contribution in [0.3, 0.4) is 0 Å². The molecule has 1 N–H and O–H groups in total. The molecule has 0 radical (unpaired) electrons. The highest BCUT2D eigenvalue weighted by atomic mass is 15.0. The van der Waals surface area contributed by atoms with Gasteiger partial charge in [-0.2, -0.15) is 0 Å². The summed E-state index contributed by atoms with van der Waals surface area (Å²) in [5.41, 5.74) is 5.55. The summed E-state index contributed by atoms with van der Waals surface area (Å²) in [5.74, 6) is 0.396. The standard InChI is InChI=1S/C22H21N/c1-16-21(17-10-4-2-5-11-17)19-14-8-9-15-20(19)22(23-16)18-12-6-3-7-13-18/h2-16,21-23H,1H3. The van der Waals surface area contributed by atoms with Crippen molar-refractivity contribution in [3.8, 4) is 0 Å². The molecule has 0 aromatic heterocycles. The summed E-state index contributed by atoms with van der Waals surface area (Å²) in [6, 6.07) is 31.1. The first-order valence-electron chi connectivity index (χ1n) is 8.29. The van der Waals surface area contributed by atoms with Gasteiger partial charge < -0.3 is 5.32 Å². The van der Waals surface area contributed by atoms with Gasteiger partial charge in [-0.1, -0.05) is 84.9 Å². The molecule has 0 spiro atoms. The van der Waals surface area contributed by atoms with Gasteiger partial charge in [-0.05, 0) is 29.2 Å². The molecule has 0 fully saturated rings. The van der Waals surface area contributed by atoms with Gasteiger partial charge in [-0.25, -0.2) is 0 Å². The van der Waals surface area contributed by atoms with E-state index in [2.05, 4.69) is 97.2 Å². The summed E-state index contributed by atoms with van der Waals surface area (Å²) in [7, 11) is 0. The largest absolute Gasteiger partial charge is 0.303 e. The molecule has 1 aliphatic heterocycles. The molecule has 4 rings (SSSR count). The fourth-order valence-electron chi connectivity index (χ4n) is 3.83. The van der Waals surface area contributed by atoms with Crippen molar-refractivity contribution in [2.75, 3.05) is 0 Å². The third-order valence-corrected chi connectivity index (χ3v) is 4.86. The summed E-state index contributed by atoms with van der Waals surface area (Å²) in [5, 5.41) is 3.84. The van der Waals surface area contributed by atoms with Gasteiger partial charge in [0.25, 0.3) is 0 Å². The first-order chi connectivity index (χ1) is 11.3. The Morgan fingerprint density at radius 2 is 1.13 bits per heavy atom. The minimum Gasteiger partial charge on any atom is -0.303 e. The number of hydrogen-bond donors (Lipinski definition) is 1. The van der Waals surface area contributed by atoms with Crippen LogP contribution in [-0.4, -0.2) is 6.04 Å². The SMILES string of the molecule is CC1NC(c2ccccc2)c2ccccc2C1c1ccccc1. The molecule has 1 heterocycles. The van der Waals surface area contributed by atoms with Gasteiger partial charge in [-0.15, -0.1) is 0 Å². The maximum Gasteiger partial charge on any atom is 0.0582 e. The van der Waals surface area contributed by atoms with Gasteiger partial charge >= 0.3 is 0 Å². The van der Waals surface area contributed by atoms with Gasteiger partial charge in [0.05, 0.1) is 6.04 Å². The van der Waals surface area contributed by atoms with Gasteiger partial charge in [0, 0.05) is 12.0 Å². The van der Waals surface area contributed by atoms with Crippen LogP contribution in [-0.2, 0) is 0 Å². The van der Waals surface area contributed by atoms with Gasteiger partial charge in [-0.3, -0.25) is 0 Å². The molecule has 3 aromatic rings. The van der Waals surface area contributed by atoms with Crippen molar-refractivity contribution in [1.82, 2.24) is 5.32 Å². The molecule has 0 amide bonds. The van der Waals surface area contributed by atoms with E-state index in [0.717, 1.165) is 0 Å². The summed E-state index contributed by atoms with van der Waals surface area (Å²) in [4.78, 5) is 0. The Labute approximate surface area is 138 Å². The zero-order valence-electron chi connectivity index (χ0n) is 13.3. The van der Waals surface area contributed by atoms with Crippen LogP contribution < -0.4 is 5.32 Å². The van der Waals surface area contributed by atoms with Crippen molar-refractivity contribution in [2.45, 2.75) is 24.9 Å². The van der Waals surface area contributed by atoms with E-state index in [9.17, 15) is 0 Å². The van der Waals surface area contributed by atoms with Crippen LogP contribution in [0.15, 0.2) is 84.9 Å². The molecule has 3 atom stereocenters. The molecule has 23 heavy (non-hydrogen) atoms. The average Bonchev–Trinajstić information content (AvgIpc) is 2.62. The van der Waals surface area contributed by atoms with Crippen molar-refractivity contribution < 1.29 is 0 Å². The van der Waals surface area contributed by atoms with E-state index in [1.807, 2.05) is 0 Å². The number of benzene rings is 3. The monoisotopic (exact) mass is 299 g/mol. The van der Waals surface area contributed by atoms with Gasteiger partial charge in [0.15, 0.2) is 0 Å². The van der Waals surface area contributed by atoms with Gasteiger partial charge in [0.2, 0.25) is 0 Å².